The minimum atomic E-state index is -4.34. The van der Waals surface area contributed by atoms with Crippen molar-refractivity contribution in [2.75, 3.05) is 0 Å². The van der Waals surface area contributed by atoms with Gasteiger partial charge in [-0.2, -0.15) is 13.2 Å². The summed E-state index contributed by atoms with van der Waals surface area (Å²) in [6.45, 7) is 0. The van der Waals surface area contributed by atoms with Gasteiger partial charge in [0.15, 0.2) is 0 Å². The van der Waals surface area contributed by atoms with Crippen molar-refractivity contribution in [3.05, 3.63) is 47.2 Å². The summed E-state index contributed by atoms with van der Waals surface area (Å²) in [5.41, 5.74) is 2.98. The van der Waals surface area contributed by atoms with Gasteiger partial charge >= 0.3 is 6.18 Å². The summed E-state index contributed by atoms with van der Waals surface area (Å²) in [6.07, 6.45) is 0.201. The third-order valence-corrected chi connectivity index (χ3v) is 3.10. The van der Waals surface area contributed by atoms with Gasteiger partial charge in [0.2, 0.25) is 0 Å². The zero-order valence-corrected chi connectivity index (χ0v) is 10.1. The van der Waals surface area contributed by atoms with Crippen LogP contribution in [0.25, 0.3) is 5.57 Å². The number of hydrogen-bond donors (Lipinski definition) is 0. The van der Waals surface area contributed by atoms with Gasteiger partial charge in [0.1, 0.15) is 5.57 Å². The highest BCUT2D eigenvalue weighted by molar-refractivity contribution is 5.69. The maximum absolute atomic E-state index is 13.0. The van der Waals surface area contributed by atoms with E-state index < -0.39 is 11.7 Å². The predicted octanol–water partition coefficient (Wildman–Crippen LogP) is 5.12. The Bertz CT molecular complexity index is 454. The summed E-state index contributed by atoms with van der Waals surface area (Å²) in [4.78, 5) is 0. The van der Waals surface area contributed by atoms with Gasteiger partial charge in [0, 0.05) is 0 Å². The molecule has 1 aliphatic carbocycles. The molecule has 0 aromatic heterocycles. The van der Waals surface area contributed by atoms with Gasteiger partial charge in [-0.05, 0) is 36.8 Å². The van der Waals surface area contributed by atoms with Crippen LogP contribution in [0.3, 0.4) is 0 Å². The summed E-state index contributed by atoms with van der Waals surface area (Å²) in [7, 11) is 0. The third kappa shape index (κ3) is 3.27. The zero-order valence-electron chi connectivity index (χ0n) is 10.1. The smallest absolute Gasteiger partial charge is 0.165 e. The highest BCUT2D eigenvalue weighted by Gasteiger charge is 2.34. The second-order valence-corrected chi connectivity index (χ2v) is 4.53. The summed E-state index contributed by atoms with van der Waals surface area (Å²) < 4.78 is 39.1. The monoisotopic (exact) mass is 252 g/mol. The molecule has 1 fully saturated rings. The fraction of sp³-hybridized carbons (Fsp3) is 0.400. The number of rotatable bonds is 1. The van der Waals surface area contributed by atoms with Crippen molar-refractivity contribution in [3.8, 4) is 0 Å². The topological polar surface area (TPSA) is 0 Å². The van der Waals surface area contributed by atoms with Crippen LogP contribution in [0.5, 0.6) is 0 Å². The van der Waals surface area contributed by atoms with Crippen molar-refractivity contribution in [2.24, 2.45) is 0 Å². The molecule has 1 aromatic carbocycles. The van der Waals surface area contributed by atoms with E-state index in [1.54, 1.807) is 18.2 Å². The first kappa shape index (κ1) is 13.0. The molecule has 2 rings (SSSR count). The lowest BCUT2D eigenvalue weighted by atomic mass is 9.94. The fourth-order valence-corrected chi connectivity index (χ4v) is 2.19. The van der Waals surface area contributed by atoms with Crippen molar-refractivity contribution in [2.45, 2.75) is 38.3 Å². The van der Waals surface area contributed by atoms with Crippen molar-refractivity contribution in [1.82, 2.24) is 0 Å². The molecule has 0 saturated heterocycles. The van der Waals surface area contributed by atoms with Crippen LogP contribution >= 0.6 is 0 Å². The van der Waals surface area contributed by atoms with Gasteiger partial charge in [-0.3, -0.25) is 0 Å². The molecule has 3 heteroatoms. The first-order chi connectivity index (χ1) is 8.57. The Hall–Kier alpha value is -1.47. The lowest BCUT2D eigenvalue weighted by Gasteiger charge is -2.13. The van der Waals surface area contributed by atoms with E-state index in [9.17, 15) is 13.2 Å². The Labute approximate surface area is 105 Å². The van der Waals surface area contributed by atoms with Crippen LogP contribution in [0.1, 0.15) is 37.7 Å². The molecule has 1 aliphatic rings. The molecule has 0 atom stereocenters. The van der Waals surface area contributed by atoms with E-state index in [-0.39, 0.29) is 5.56 Å². The molecule has 18 heavy (non-hydrogen) atoms. The van der Waals surface area contributed by atoms with Gasteiger partial charge in [0.05, 0.1) is 0 Å². The van der Waals surface area contributed by atoms with Crippen LogP contribution < -0.4 is 0 Å². The molecule has 0 unspecified atom stereocenters. The van der Waals surface area contributed by atoms with Crippen molar-refractivity contribution in [1.29, 1.82) is 0 Å². The van der Waals surface area contributed by atoms with Crippen molar-refractivity contribution >= 4 is 5.57 Å². The molecule has 0 spiro atoms. The lowest BCUT2D eigenvalue weighted by Crippen LogP contribution is -2.10. The Balaban J connectivity index is 2.47. The van der Waals surface area contributed by atoms with E-state index in [0.29, 0.717) is 0 Å². The maximum Gasteiger partial charge on any atom is 0.424 e. The maximum atomic E-state index is 13.0. The lowest BCUT2D eigenvalue weighted by molar-refractivity contribution is -0.0688. The van der Waals surface area contributed by atoms with Crippen LogP contribution in [0.4, 0.5) is 13.2 Å². The summed E-state index contributed by atoms with van der Waals surface area (Å²) in [5.74, 6) is 0. The SMILES string of the molecule is FC(F)(F)C(=C=C1CCCCC1)c1ccccc1. The van der Waals surface area contributed by atoms with Gasteiger partial charge in [-0.25, -0.2) is 0 Å². The zero-order chi connectivity index (χ0) is 13.0. The molecule has 0 amide bonds. The second-order valence-electron chi connectivity index (χ2n) is 4.53. The molecule has 0 heterocycles. The number of halogens is 3. The van der Waals surface area contributed by atoms with Crippen molar-refractivity contribution < 1.29 is 13.2 Å². The molecular weight excluding hydrogens is 237 g/mol. The van der Waals surface area contributed by atoms with Crippen molar-refractivity contribution in [3.63, 3.8) is 0 Å². The first-order valence-electron chi connectivity index (χ1n) is 6.18. The molecule has 1 aromatic rings. The Kier molecular flexibility index (Phi) is 3.93. The molecule has 96 valence electrons. The predicted molar refractivity (Wildman–Crippen MR) is 66.0 cm³/mol. The minimum Gasteiger partial charge on any atom is -0.165 e. The Morgan fingerprint density at radius 3 is 2.11 bits per heavy atom. The van der Waals surface area contributed by atoms with E-state index in [1.165, 1.54) is 12.1 Å². The Morgan fingerprint density at radius 1 is 0.944 bits per heavy atom. The van der Waals surface area contributed by atoms with Crippen LogP contribution in [0, 0.1) is 0 Å². The largest absolute Gasteiger partial charge is 0.424 e. The van der Waals surface area contributed by atoms with Crippen LogP contribution in [-0.2, 0) is 0 Å². The summed E-state index contributed by atoms with van der Waals surface area (Å²) in [5, 5.41) is 0. The highest BCUT2D eigenvalue weighted by Crippen LogP contribution is 2.34. The standard InChI is InChI=1S/C15H15F3/c16-15(17,18)14(13-9-5-2-6-10-13)11-12-7-3-1-4-8-12/h2,5-6,9-10H,1,3-4,7-8H2. The molecule has 0 aliphatic heterocycles. The third-order valence-electron chi connectivity index (χ3n) is 3.10. The van der Waals surface area contributed by atoms with Crippen LogP contribution in [0.2, 0.25) is 0 Å². The second kappa shape index (κ2) is 5.45. The van der Waals surface area contributed by atoms with Gasteiger partial charge in [-0.1, -0.05) is 36.8 Å². The fourth-order valence-electron chi connectivity index (χ4n) is 2.19. The number of allylic oxidation sites excluding steroid dienone is 1. The highest BCUT2D eigenvalue weighted by atomic mass is 19.4. The number of alkyl halides is 3. The quantitative estimate of drug-likeness (QED) is 0.608. The minimum absolute atomic E-state index is 0.197. The normalized spacial score (nSPS) is 16.3. The average Bonchev–Trinajstić information content (AvgIpc) is 2.37. The van der Waals surface area contributed by atoms with E-state index >= 15 is 0 Å². The molecule has 1 saturated carbocycles. The Morgan fingerprint density at radius 2 is 1.56 bits per heavy atom. The van der Waals surface area contributed by atoms with E-state index in [0.717, 1.165) is 37.7 Å². The first-order valence-corrected chi connectivity index (χ1v) is 6.18. The van der Waals surface area contributed by atoms with Crippen LogP contribution in [-0.4, -0.2) is 6.18 Å². The molecule has 0 nitrogen and oxygen atoms in total. The van der Waals surface area contributed by atoms with E-state index in [2.05, 4.69) is 5.73 Å². The molecular formula is C15H15F3. The number of benzene rings is 1. The molecule has 0 radical (unpaired) electrons. The van der Waals surface area contributed by atoms with E-state index in [4.69, 9.17) is 0 Å². The van der Waals surface area contributed by atoms with Gasteiger partial charge in [-0.15, -0.1) is 5.73 Å². The van der Waals surface area contributed by atoms with Crippen LogP contribution in [0.15, 0.2) is 41.6 Å². The average molecular weight is 252 g/mol. The molecule has 0 bridgehead atoms. The summed E-state index contributed by atoms with van der Waals surface area (Å²) >= 11 is 0. The van der Waals surface area contributed by atoms with E-state index in [1.807, 2.05) is 0 Å². The number of hydrogen-bond acceptors (Lipinski definition) is 0. The molecule has 0 N–H and O–H groups in total. The summed E-state index contributed by atoms with van der Waals surface area (Å²) in [6, 6.07) is 7.92. The van der Waals surface area contributed by atoms with Gasteiger partial charge < -0.3 is 0 Å². The van der Waals surface area contributed by atoms with Gasteiger partial charge in [0.25, 0.3) is 0 Å².